The molecule has 0 unspecified atom stereocenters. The summed E-state index contributed by atoms with van der Waals surface area (Å²) in [6.45, 7) is 4.31. The van der Waals surface area contributed by atoms with Crippen molar-refractivity contribution in [3.63, 3.8) is 0 Å². The maximum Gasteiger partial charge on any atom is 0.115 e. The van der Waals surface area contributed by atoms with Gasteiger partial charge in [0.25, 0.3) is 0 Å². The maximum absolute atomic E-state index is 5.61. The molecule has 0 amide bonds. The molecule has 0 spiro atoms. The summed E-state index contributed by atoms with van der Waals surface area (Å²) < 4.78 is 1.78. The van der Waals surface area contributed by atoms with E-state index in [0.29, 0.717) is 12.2 Å². The van der Waals surface area contributed by atoms with Gasteiger partial charge in [-0.3, -0.25) is 0 Å². The molecule has 4 heteroatoms. The third kappa shape index (κ3) is 1.26. The standard InChI is InChI=1S/C9H10N4/c1-2-5-13-9-4-3-7(10)6-8(9)11-12-13/h2-4,6H,1,5,10H2. The molecular formula is C9H10N4. The number of benzene rings is 1. The van der Waals surface area contributed by atoms with Crippen molar-refractivity contribution < 1.29 is 0 Å². The highest BCUT2D eigenvalue weighted by atomic mass is 15.4. The van der Waals surface area contributed by atoms with Gasteiger partial charge >= 0.3 is 0 Å². The Bertz CT molecular complexity index is 444. The molecule has 1 aromatic carbocycles. The highest BCUT2D eigenvalue weighted by Crippen LogP contribution is 2.14. The Morgan fingerprint density at radius 2 is 2.38 bits per heavy atom. The van der Waals surface area contributed by atoms with Gasteiger partial charge in [0.15, 0.2) is 0 Å². The molecule has 2 aromatic rings. The number of anilines is 1. The van der Waals surface area contributed by atoms with Gasteiger partial charge in [-0.1, -0.05) is 11.3 Å². The van der Waals surface area contributed by atoms with Crippen molar-refractivity contribution in [1.82, 2.24) is 15.0 Å². The van der Waals surface area contributed by atoms with Crippen LogP contribution in [0, 0.1) is 0 Å². The number of nitrogens with two attached hydrogens (primary N) is 1. The van der Waals surface area contributed by atoms with Crippen LogP contribution in [0.3, 0.4) is 0 Å². The van der Waals surface area contributed by atoms with Gasteiger partial charge in [-0.2, -0.15) is 0 Å². The average Bonchev–Trinajstić information content (AvgIpc) is 2.49. The molecular weight excluding hydrogens is 164 g/mol. The molecule has 0 saturated heterocycles. The van der Waals surface area contributed by atoms with E-state index in [0.717, 1.165) is 11.0 Å². The molecule has 0 aliphatic carbocycles. The minimum atomic E-state index is 0.667. The summed E-state index contributed by atoms with van der Waals surface area (Å²) >= 11 is 0. The smallest absolute Gasteiger partial charge is 0.115 e. The Labute approximate surface area is 75.7 Å². The molecule has 1 heterocycles. The van der Waals surface area contributed by atoms with Crippen LogP contribution in [-0.2, 0) is 6.54 Å². The van der Waals surface area contributed by atoms with Crippen molar-refractivity contribution in [2.75, 3.05) is 5.73 Å². The van der Waals surface area contributed by atoms with Crippen molar-refractivity contribution >= 4 is 16.7 Å². The van der Waals surface area contributed by atoms with E-state index in [1.807, 2.05) is 18.2 Å². The van der Waals surface area contributed by atoms with E-state index in [-0.39, 0.29) is 0 Å². The molecule has 0 fully saturated rings. The van der Waals surface area contributed by atoms with Crippen LogP contribution in [0.1, 0.15) is 0 Å². The predicted molar refractivity (Wildman–Crippen MR) is 52.1 cm³/mol. The van der Waals surface area contributed by atoms with E-state index in [1.54, 1.807) is 10.8 Å². The van der Waals surface area contributed by atoms with E-state index in [4.69, 9.17) is 5.73 Å². The van der Waals surface area contributed by atoms with Crippen LogP contribution < -0.4 is 5.73 Å². The zero-order valence-corrected chi connectivity index (χ0v) is 7.14. The molecule has 0 aliphatic rings. The van der Waals surface area contributed by atoms with Crippen LogP contribution in [0.5, 0.6) is 0 Å². The molecule has 2 N–H and O–H groups in total. The van der Waals surface area contributed by atoms with Crippen LogP contribution in [0.2, 0.25) is 0 Å². The van der Waals surface area contributed by atoms with Gasteiger partial charge in [0.1, 0.15) is 5.52 Å². The molecule has 0 bridgehead atoms. The number of aromatic nitrogens is 3. The van der Waals surface area contributed by atoms with Gasteiger partial charge < -0.3 is 5.73 Å². The number of rotatable bonds is 2. The lowest BCUT2D eigenvalue weighted by atomic mass is 10.3. The second-order valence-corrected chi connectivity index (χ2v) is 2.81. The van der Waals surface area contributed by atoms with Crippen molar-refractivity contribution in [2.24, 2.45) is 0 Å². The third-order valence-electron chi connectivity index (χ3n) is 1.84. The number of nitrogen functional groups attached to an aromatic ring is 1. The number of hydrogen-bond acceptors (Lipinski definition) is 3. The monoisotopic (exact) mass is 174 g/mol. The lowest BCUT2D eigenvalue weighted by molar-refractivity contribution is 0.683. The molecule has 4 nitrogen and oxygen atoms in total. The zero-order valence-electron chi connectivity index (χ0n) is 7.14. The maximum atomic E-state index is 5.61. The van der Waals surface area contributed by atoms with E-state index in [9.17, 15) is 0 Å². The predicted octanol–water partition coefficient (Wildman–Crippen LogP) is 1.20. The minimum absolute atomic E-state index is 0.667. The molecule has 0 atom stereocenters. The molecule has 0 aliphatic heterocycles. The Hall–Kier alpha value is -1.84. The Morgan fingerprint density at radius 3 is 3.15 bits per heavy atom. The van der Waals surface area contributed by atoms with Gasteiger partial charge in [-0.05, 0) is 18.2 Å². The van der Waals surface area contributed by atoms with Crippen molar-refractivity contribution in [2.45, 2.75) is 6.54 Å². The summed E-state index contributed by atoms with van der Waals surface area (Å²) in [5, 5.41) is 7.95. The van der Waals surface area contributed by atoms with Crippen LogP contribution in [-0.4, -0.2) is 15.0 Å². The second-order valence-electron chi connectivity index (χ2n) is 2.81. The zero-order chi connectivity index (χ0) is 9.26. The number of allylic oxidation sites excluding steroid dienone is 1. The molecule has 66 valence electrons. The van der Waals surface area contributed by atoms with Crippen LogP contribution in [0.4, 0.5) is 5.69 Å². The SMILES string of the molecule is C=CCn1nnc2cc(N)ccc21. The van der Waals surface area contributed by atoms with Crippen LogP contribution >= 0.6 is 0 Å². The van der Waals surface area contributed by atoms with E-state index >= 15 is 0 Å². The fraction of sp³-hybridized carbons (Fsp3) is 0.111. The van der Waals surface area contributed by atoms with Gasteiger partial charge in [0.2, 0.25) is 0 Å². The van der Waals surface area contributed by atoms with Crippen LogP contribution in [0.25, 0.3) is 11.0 Å². The highest BCUT2D eigenvalue weighted by Gasteiger charge is 2.01. The molecule has 2 rings (SSSR count). The van der Waals surface area contributed by atoms with Crippen molar-refractivity contribution in [1.29, 1.82) is 0 Å². The van der Waals surface area contributed by atoms with E-state index in [1.165, 1.54) is 0 Å². The number of nitrogens with zero attached hydrogens (tertiary/aromatic N) is 3. The van der Waals surface area contributed by atoms with Gasteiger partial charge in [-0.25, -0.2) is 4.68 Å². The highest BCUT2D eigenvalue weighted by molar-refractivity contribution is 5.77. The van der Waals surface area contributed by atoms with Crippen molar-refractivity contribution in [3.8, 4) is 0 Å². The quantitative estimate of drug-likeness (QED) is 0.549. The van der Waals surface area contributed by atoms with Gasteiger partial charge in [0.05, 0.1) is 12.1 Å². The third-order valence-corrected chi connectivity index (χ3v) is 1.84. The Kier molecular flexibility index (Phi) is 1.73. The molecule has 13 heavy (non-hydrogen) atoms. The molecule has 0 radical (unpaired) electrons. The fourth-order valence-electron chi connectivity index (χ4n) is 1.25. The van der Waals surface area contributed by atoms with Gasteiger partial charge in [-0.15, -0.1) is 11.7 Å². The fourth-order valence-corrected chi connectivity index (χ4v) is 1.25. The first-order chi connectivity index (χ1) is 6.31. The largest absolute Gasteiger partial charge is 0.399 e. The first-order valence-electron chi connectivity index (χ1n) is 4.01. The summed E-state index contributed by atoms with van der Waals surface area (Å²) in [7, 11) is 0. The van der Waals surface area contributed by atoms with E-state index < -0.39 is 0 Å². The van der Waals surface area contributed by atoms with Crippen molar-refractivity contribution in [3.05, 3.63) is 30.9 Å². The summed E-state index contributed by atoms with van der Waals surface area (Å²) in [5.74, 6) is 0. The summed E-state index contributed by atoms with van der Waals surface area (Å²) in [5.41, 5.74) is 8.12. The molecule has 0 saturated carbocycles. The lowest BCUT2D eigenvalue weighted by Crippen LogP contribution is -1.96. The normalized spacial score (nSPS) is 10.5. The Balaban J connectivity index is 2.61. The first-order valence-corrected chi connectivity index (χ1v) is 4.01. The number of fused-ring (bicyclic) bond motifs is 1. The summed E-state index contributed by atoms with van der Waals surface area (Å²) in [6.07, 6.45) is 1.78. The first kappa shape index (κ1) is 7.79. The molecule has 1 aromatic heterocycles. The minimum Gasteiger partial charge on any atom is -0.399 e. The summed E-state index contributed by atoms with van der Waals surface area (Å²) in [4.78, 5) is 0. The second kappa shape index (κ2) is 2.90. The van der Waals surface area contributed by atoms with E-state index in [2.05, 4.69) is 16.9 Å². The van der Waals surface area contributed by atoms with Crippen LogP contribution in [0.15, 0.2) is 30.9 Å². The van der Waals surface area contributed by atoms with Gasteiger partial charge in [0, 0.05) is 5.69 Å². The topological polar surface area (TPSA) is 56.7 Å². The summed E-state index contributed by atoms with van der Waals surface area (Å²) in [6, 6.07) is 5.56. The lowest BCUT2D eigenvalue weighted by Gasteiger charge is -1.96. The average molecular weight is 174 g/mol. The Morgan fingerprint density at radius 1 is 1.54 bits per heavy atom. The number of hydrogen-bond donors (Lipinski definition) is 1.